The van der Waals surface area contributed by atoms with Gasteiger partial charge in [-0.3, -0.25) is 0 Å². The van der Waals surface area contributed by atoms with Gasteiger partial charge in [-0.25, -0.2) is 0 Å². The highest BCUT2D eigenvalue weighted by molar-refractivity contribution is 4.74. The van der Waals surface area contributed by atoms with Crippen molar-refractivity contribution in [3.05, 3.63) is 0 Å². The molecule has 0 aromatic carbocycles. The predicted molar refractivity (Wildman–Crippen MR) is 73.6 cm³/mol. The van der Waals surface area contributed by atoms with Crippen LogP contribution in [-0.4, -0.2) is 0 Å². The van der Waals surface area contributed by atoms with Gasteiger partial charge in [0.05, 0.1) is 0 Å². The number of hydrogen-bond acceptors (Lipinski definition) is 0. The standard InChI is InChI=1S/C16H32/c1-5-15-7-6-8-16(12-15)11-14(4)10-9-13(2)3/h13-16H,5-12H2,1-4H3. The molecule has 1 fully saturated rings. The number of rotatable bonds is 6. The molecule has 0 aliphatic heterocycles. The van der Waals surface area contributed by atoms with Crippen molar-refractivity contribution in [2.24, 2.45) is 23.7 Å². The summed E-state index contributed by atoms with van der Waals surface area (Å²) < 4.78 is 0. The maximum atomic E-state index is 2.47. The highest BCUT2D eigenvalue weighted by Crippen LogP contribution is 2.35. The molecule has 96 valence electrons. The zero-order chi connectivity index (χ0) is 12.0. The Bertz CT molecular complexity index is 171. The second kappa shape index (κ2) is 7.35. The van der Waals surface area contributed by atoms with Crippen molar-refractivity contribution >= 4 is 0 Å². The summed E-state index contributed by atoms with van der Waals surface area (Å²) in [6.07, 6.45) is 11.8. The summed E-state index contributed by atoms with van der Waals surface area (Å²) in [6.45, 7) is 9.54. The second-order valence-corrected chi connectivity index (χ2v) is 6.62. The molecule has 3 atom stereocenters. The Morgan fingerprint density at radius 2 is 1.69 bits per heavy atom. The summed E-state index contributed by atoms with van der Waals surface area (Å²) in [5, 5.41) is 0. The van der Waals surface area contributed by atoms with Gasteiger partial charge in [0.1, 0.15) is 0 Å². The van der Waals surface area contributed by atoms with Gasteiger partial charge in [-0.05, 0) is 36.5 Å². The molecule has 1 rings (SSSR count). The van der Waals surface area contributed by atoms with E-state index in [0.717, 1.165) is 23.7 Å². The van der Waals surface area contributed by atoms with E-state index in [1.165, 1.54) is 51.4 Å². The van der Waals surface area contributed by atoms with E-state index < -0.39 is 0 Å². The van der Waals surface area contributed by atoms with E-state index in [1.807, 2.05) is 0 Å². The molecule has 0 amide bonds. The largest absolute Gasteiger partial charge is 0.0651 e. The number of hydrogen-bond donors (Lipinski definition) is 0. The summed E-state index contributed by atoms with van der Waals surface area (Å²) in [6, 6.07) is 0. The third-order valence-corrected chi connectivity index (χ3v) is 4.44. The summed E-state index contributed by atoms with van der Waals surface area (Å²) in [4.78, 5) is 0. The first-order valence-corrected chi connectivity index (χ1v) is 7.61. The van der Waals surface area contributed by atoms with Crippen molar-refractivity contribution in [3.63, 3.8) is 0 Å². The molecular formula is C16H32. The van der Waals surface area contributed by atoms with E-state index in [4.69, 9.17) is 0 Å². The highest BCUT2D eigenvalue weighted by atomic mass is 14.3. The van der Waals surface area contributed by atoms with E-state index in [2.05, 4.69) is 27.7 Å². The first-order valence-electron chi connectivity index (χ1n) is 7.61. The van der Waals surface area contributed by atoms with Gasteiger partial charge < -0.3 is 0 Å². The van der Waals surface area contributed by atoms with Crippen molar-refractivity contribution in [2.75, 3.05) is 0 Å². The fourth-order valence-electron chi connectivity index (χ4n) is 3.29. The lowest BCUT2D eigenvalue weighted by molar-refractivity contribution is 0.221. The van der Waals surface area contributed by atoms with Crippen LogP contribution in [0.2, 0.25) is 0 Å². The van der Waals surface area contributed by atoms with Crippen LogP contribution in [0.4, 0.5) is 0 Å². The minimum Gasteiger partial charge on any atom is -0.0651 e. The fraction of sp³-hybridized carbons (Fsp3) is 1.00. The maximum Gasteiger partial charge on any atom is -0.0409 e. The van der Waals surface area contributed by atoms with Gasteiger partial charge in [-0.1, -0.05) is 66.2 Å². The Labute approximate surface area is 103 Å². The molecule has 0 nitrogen and oxygen atoms in total. The Morgan fingerprint density at radius 3 is 2.31 bits per heavy atom. The van der Waals surface area contributed by atoms with E-state index in [1.54, 1.807) is 0 Å². The van der Waals surface area contributed by atoms with Crippen LogP contribution in [0.5, 0.6) is 0 Å². The van der Waals surface area contributed by atoms with Gasteiger partial charge in [-0.2, -0.15) is 0 Å². The smallest absolute Gasteiger partial charge is 0.0409 e. The third-order valence-electron chi connectivity index (χ3n) is 4.44. The van der Waals surface area contributed by atoms with Gasteiger partial charge in [-0.15, -0.1) is 0 Å². The van der Waals surface area contributed by atoms with E-state index in [-0.39, 0.29) is 0 Å². The van der Waals surface area contributed by atoms with Crippen LogP contribution < -0.4 is 0 Å². The van der Waals surface area contributed by atoms with Crippen LogP contribution in [0, 0.1) is 23.7 Å². The molecule has 0 aromatic rings. The van der Waals surface area contributed by atoms with Crippen LogP contribution in [0.1, 0.15) is 79.1 Å². The molecule has 0 spiro atoms. The third kappa shape index (κ3) is 5.37. The van der Waals surface area contributed by atoms with Crippen molar-refractivity contribution in [1.82, 2.24) is 0 Å². The molecule has 0 radical (unpaired) electrons. The van der Waals surface area contributed by atoms with Crippen LogP contribution in [0.3, 0.4) is 0 Å². The molecule has 3 unspecified atom stereocenters. The van der Waals surface area contributed by atoms with E-state index in [9.17, 15) is 0 Å². The highest BCUT2D eigenvalue weighted by Gasteiger charge is 2.22. The maximum absolute atomic E-state index is 2.47. The lowest BCUT2D eigenvalue weighted by atomic mass is 9.76. The van der Waals surface area contributed by atoms with Crippen LogP contribution >= 0.6 is 0 Å². The zero-order valence-electron chi connectivity index (χ0n) is 12.0. The van der Waals surface area contributed by atoms with Gasteiger partial charge in [0, 0.05) is 0 Å². The second-order valence-electron chi connectivity index (χ2n) is 6.62. The molecule has 1 aliphatic rings. The van der Waals surface area contributed by atoms with Crippen LogP contribution in [0.25, 0.3) is 0 Å². The minimum absolute atomic E-state index is 0.886. The monoisotopic (exact) mass is 224 g/mol. The molecule has 0 saturated heterocycles. The van der Waals surface area contributed by atoms with Gasteiger partial charge in [0.25, 0.3) is 0 Å². The van der Waals surface area contributed by atoms with Crippen LogP contribution in [-0.2, 0) is 0 Å². The van der Waals surface area contributed by atoms with Gasteiger partial charge in [0.15, 0.2) is 0 Å². The quantitative estimate of drug-likeness (QED) is 0.545. The zero-order valence-corrected chi connectivity index (χ0v) is 12.0. The first kappa shape index (κ1) is 14.1. The van der Waals surface area contributed by atoms with Crippen molar-refractivity contribution in [1.29, 1.82) is 0 Å². The molecule has 1 aliphatic carbocycles. The van der Waals surface area contributed by atoms with Crippen molar-refractivity contribution in [2.45, 2.75) is 79.1 Å². The average Bonchev–Trinajstić information content (AvgIpc) is 2.26. The Morgan fingerprint density at radius 1 is 1.00 bits per heavy atom. The van der Waals surface area contributed by atoms with E-state index >= 15 is 0 Å². The molecule has 0 bridgehead atoms. The SMILES string of the molecule is CCC1CCCC(CC(C)CCC(C)C)C1. The summed E-state index contributed by atoms with van der Waals surface area (Å²) >= 11 is 0. The molecule has 16 heavy (non-hydrogen) atoms. The lowest BCUT2D eigenvalue weighted by Crippen LogP contribution is -2.17. The summed E-state index contributed by atoms with van der Waals surface area (Å²) in [5.74, 6) is 3.96. The predicted octanol–water partition coefficient (Wildman–Crippen LogP) is 5.67. The Hall–Kier alpha value is 0. The fourth-order valence-corrected chi connectivity index (χ4v) is 3.29. The topological polar surface area (TPSA) is 0 Å². The summed E-state index contributed by atoms with van der Waals surface area (Å²) in [5.41, 5.74) is 0. The molecular weight excluding hydrogens is 192 g/mol. The molecule has 0 aromatic heterocycles. The molecule has 1 saturated carbocycles. The first-order chi connectivity index (χ1) is 7.61. The normalized spacial score (nSPS) is 28.3. The van der Waals surface area contributed by atoms with E-state index in [0.29, 0.717) is 0 Å². The van der Waals surface area contributed by atoms with Crippen molar-refractivity contribution < 1.29 is 0 Å². The molecule has 0 heterocycles. The Balaban J connectivity index is 2.19. The van der Waals surface area contributed by atoms with Gasteiger partial charge >= 0.3 is 0 Å². The summed E-state index contributed by atoms with van der Waals surface area (Å²) in [7, 11) is 0. The minimum atomic E-state index is 0.886. The molecule has 0 N–H and O–H groups in total. The van der Waals surface area contributed by atoms with Crippen LogP contribution in [0.15, 0.2) is 0 Å². The van der Waals surface area contributed by atoms with Gasteiger partial charge in [0.2, 0.25) is 0 Å². The Kier molecular flexibility index (Phi) is 6.46. The lowest BCUT2D eigenvalue weighted by Gasteiger charge is -2.30. The average molecular weight is 224 g/mol. The molecule has 0 heteroatoms. The van der Waals surface area contributed by atoms with Crippen molar-refractivity contribution in [3.8, 4) is 0 Å².